The van der Waals surface area contributed by atoms with E-state index in [0.717, 1.165) is 37.9 Å². The van der Waals surface area contributed by atoms with Crippen LogP contribution in [0.1, 0.15) is 41.7 Å². The Labute approximate surface area is 142 Å². The molecule has 2 N–H and O–H groups in total. The minimum absolute atomic E-state index is 0.257. The van der Waals surface area contributed by atoms with Gasteiger partial charge in [0.1, 0.15) is 5.69 Å². The maximum Gasteiger partial charge on any atom is 0.289 e. The van der Waals surface area contributed by atoms with Crippen molar-refractivity contribution in [2.24, 2.45) is 5.10 Å². The van der Waals surface area contributed by atoms with Crippen molar-refractivity contribution >= 4 is 11.6 Å². The Kier molecular flexibility index (Phi) is 5.69. The summed E-state index contributed by atoms with van der Waals surface area (Å²) in [7, 11) is 0. The van der Waals surface area contributed by atoms with Crippen LogP contribution in [0, 0.1) is 0 Å². The molecule has 0 aliphatic heterocycles. The van der Waals surface area contributed by atoms with Crippen molar-refractivity contribution in [1.82, 2.24) is 15.7 Å². The van der Waals surface area contributed by atoms with Crippen LogP contribution in [0.2, 0.25) is 0 Å². The lowest BCUT2D eigenvalue weighted by molar-refractivity contribution is 0.0949. The highest BCUT2D eigenvalue weighted by molar-refractivity contribution is 5.93. The van der Waals surface area contributed by atoms with E-state index in [1.165, 1.54) is 5.56 Å². The highest BCUT2D eigenvalue weighted by Crippen LogP contribution is 2.16. The van der Waals surface area contributed by atoms with Crippen molar-refractivity contribution in [1.29, 1.82) is 0 Å². The number of pyridine rings is 1. The van der Waals surface area contributed by atoms with Crippen LogP contribution in [0.3, 0.4) is 0 Å². The van der Waals surface area contributed by atoms with Gasteiger partial charge in [-0.05, 0) is 43.4 Å². The van der Waals surface area contributed by atoms with E-state index in [9.17, 15) is 4.79 Å². The van der Waals surface area contributed by atoms with E-state index >= 15 is 0 Å². The quantitative estimate of drug-likeness (QED) is 0.832. The lowest BCUT2D eigenvalue weighted by Gasteiger charge is -2.24. The number of carbonyl (C=O) groups is 1. The van der Waals surface area contributed by atoms with Crippen molar-refractivity contribution in [2.45, 2.75) is 38.3 Å². The van der Waals surface area contributed by atoms with E-state index < -0.39 is 0 Å². The second-order valence-electron chi connectivity index (χ2n) is 5.97. The van der Waals surface area contributed by atoms with Crippen LogP contribution in [0.5, 0.6) is 0 Å². The molecular formula is C19H22N4O. The van der Waals surface area contributed by atoms with Gasteiger partial charge >= 0.3 is 0 Å². The number of benzene rings is 1. The summed E-state index contributed by atoms with van der Waals surface area (Å²) in [5.41, 5.74) is 5.35. The first-order valence-electron chi connectivity index (χ1n) is 8.35. The van der Waals surface area contributed by atoms with Gasteiger partial charge in [-0.15, -0.1) is 0 Å². The summed E-state index contributed by atoms with van der Waals surface area (Å²) >= 11 is 0. The molecule has 5 heteroatoms. The molecule has 0 radical (unpaired) electrons. The number of rotatable bonds is 5. The van der Waals surface area contributed by atoms with Crippen LogP contribution >= 0.6 is 0 Å². The molecule has 1 aromatic heterocycles. The second-order valence-corrected chi connectivity index (χ2v) is 5.97. The van der Waals surface area contributed by atoms with Crippen molar-refractivity contribution in [3.05, 3.63) is 66.0 Å². The summed E-state index contributed by atoms with van der Waals surface area (Å²) in [5.74, 6) is -0.257. The summed E-state index contributed by atoms with van der Waals surface area (Å²) < 4.78 is 0. The zero-order chi connectivity index (χ0) is 16.6. The van der Waals surface area contributed by atoms with E-state index in [0.29, 0.717) is 11.7 Å². The predicted octanol–water partition coefficient (Wildman–Crippen LogP) is 2.90. The Morgan fingerprint density at radius 2 is 1.83 bits per heavy atom. The van der Waals surface area contributed by atoms with Gasteiger partial charge in [0.15, 0.2) is 0 Å². The van der Waals surface area contributed by atoms with Gasteiger partial charge in [-0.2, -0.15) is 5.10 Å². The van der Waals surface area contributed by atoms with Crippen LogP contribution in [-0.4, -0.2) is 22.6 Å². The zero-order valence-electron chi connectivity index (χ0n) is 13.6. The van der Waals surface area contributed by atoms with Crippen molar-refractivity contribution in [3.63, 3.8) is 0 Å². The van der Waals surface area contributed by atoms with E-state index in [2.05, 4.69) is 45.1 Å². The highest BCUT2D eigenvalue weighted by atomic mass is 16.2. The molecule has 2 aromatic rings. The number of hydrogen-bond acceptors (Lipinski definition) is 4. The largest absolute Gasteiger partial charge is 0.310 e. The van der Waals surface area contributed by atoms with Gasteiger partial charge in [0.05, 0.1) is 0 Å². The molecule has 1 aromatic carbocycles. The molecule has 1 amide bonds. The molecule has 3 rings (SSSR count). The minimum atomic E-state index is -0.257. The van der Waals surface area contributed by atoms with Crippen LogP contribution < -0.4 is 10.7 Å². The fraction of sp³-hybridized carbons (Fsp3) is 0.316. The van der Waals surface area contributed by atoms with Gasteiger partial charge in [-0.3, -0.25) is 9.78 Å². The summed E-state index contributed by atoms with van der Waals surface area (Å²) in [6.07, 6.45) is 5.52. The number of carbonyl (C=O) groups excluding carboxylic acids is 1. The third-order valence-corrected chi connectivity index (χ3v) is 4.21. The summed E-state index contributed by atoms with van der Waals surface area (Å²) in [6.45, 7) is 0.897. The molecular weight excluding hydrogens is 300 g/mol. The van der Waals surface area contributed by atoms with Crippen molar-refractivity contribution in [2.75, 3.05) is 0 Å². The third kappa shape index (κ3) is 4.73. The molecule has 1 saturated carbocycles. The lowest BCUT2D eigenvalue weighted by Crippen LogP contribution is -2.33. The Bertz CT molecular complexity index is 675. The topological polar surface area (TPSA) is 66.4 Å². The molecule has 0 spiro atoms. The molecule has 1 aliphatic rings. The lowest BCUT2D eigenvalue weighted by atomic mass is 9.93. The first kappa shape index (κ1) is 16.3. The smallest absolute Gasteiger partial charge is 0.289 e. The standard InChI is InChI=1S/C19H22N4O/c24-19(18-8-4-5-13-20-18)23-22-17-11-9-16(10-12-17)21-14-15-6-2-1-3-7-15/h1-8,13,16,21H,9-12,14H2,(H,23,24). The Morgan fingerprint density at radius 1 is 1.08 bits per heavy atom. The first-order valence-corrected chi connectivity index (χ1v) is 8.35. The number of nitrogens with one attached hydrogen (secondary N) is 2. The number of aromatic nitrogens is 1. The highest BCUT2D eigenvalue weighted by Gasteiger charge is 2.17. The van der Waals surface area contributed by atoms with Crippen molar-refractivity contribution in [3.8, 4) is 0 Å². The molecule has 24 heavy (non-hydrogen) atoms. The molecule has 0 unspecified atom stereocenters. The van der Waals surface area contributed by atoms with Gasteiger partial charge in [0.25, 0.3) is 5.91 Å². The molecule has 0 atom stereocenters. The Balaban J connectivity index is 1.42. The van der Waals surface area contributed by atoms with E-state index in [-0.39, 0.29) is 5.91 Å². The van der Waals surface area contributed by atoms with Gasteiger partial charge in [-0.1, -0.05) is 36.4 Å². The number of nitrogens with zero attached hydrogens (tertiary/aromatic N) is 2. The van der Waals surface area contributed by atoms with Gasteiger partial charge < -0.3 is 5.32 Å². The predicted molar refractivity (Wildman–Crippen MR) is 94.7 cm³/mol. The van der Waals surface area contributed by atoms with Gasteiger partial charge in [0.2, 0.25) is 0 Å². The average molecular weight is 322 g/mol. The second kappa shape index (κ2) is 8.36. The van der Waals surface area contributed by atoms with E-state index in [1.54, 1.807) is 24.4 Å². The van der Waals surface area contributed by atoms with E-state index in [1.807, 2.05) is 6.07 Å². The Hall–Kier alpha value is -2.53. The van der Waals surface area contributed by atoms with Crippen molar-refractivity contribution < 1.29 is 4.79 Å². The van der Waals surface area contributed by atoms with Crippen LogP contribution in [-0.2, 0) is 6.54 Å². The Morgan fingerprint density at radius 3 is 2.54 bits per heavy atom. The van der Waals surface area contributed by atoms with Crippen LogP contribution in [0.4, 0.5) is 0 Å². The summed E-state index contributed by atoms with van der Waals surface area (Å²) in [5, 5.41) is 7.86. The maximum absolute atomic E-state index is 11.9. The number of hydrogen-bond donors (Lipinski definition) is 2. The molecule has 124 valence electrons. The fourth-order valence-corrected chi connectivity index (χ4v) is 2.81. The zero-order valence-corrected chi connectivity index (χ0v) is 13.6. The first-order chi connectivity index (χ1) is 11.8. The molecule has 0 saturated heterocycles. The summed E-state index contributed by atoms with van der Waals surface area (Å²) in [6, 6.07) is 16.2. The SMILES string of the molecule is O=C(NN=C1CCC(NCc2ccccc2)CC1)c1ccccn1. The van der Waals surface area contributed by atoms with Gasteiger partial charge in [0, 0.05) is 24.5 Å². The molecule has 1 aliphatic carbocycles. The molecule has 5 nitrogen and oxygen atoms in total. The maximum atomic E-state index is 11.9. The minimum Gasteiger partial charge on any atom is -0.310 e. The number of amides is 1. The third-order valence-electron chi connectivity index (χ3n) is 4.21. The molecule has 0 bridgehead atoms. The van der Waals surface area contributed by atoms with Crippen LogP contribution in [0.25, 0.3) is 0 Å². The number of hydrazone groups is 1. The normalized spacial score (nSPS) is 17.3. The van der Waals surface area contributed by atoms with Crippen LogP contribution in [0.15, 0.2) is 59.8 Å². The summed E-state index contributed by atoms with van der Waals surface area (Å²) in [4.78, 5) is 15.9. The molecule has 1 fully saturated rings. The van der Waals surface area contributed by atoms with Gasteiger partial charge in [-0.25, -0.2) is 5.43 Å². The average Bonchev–Trinajstić information content (AvgIpc) is 2.67. The monoisotopic (exact) mass is 322 g/mol. The fourth-order valence-electron chi connectivity index (χ4n) is 2.81. The van der Waals surface area contributed by atoms with E-state index in [4.69, 9.17) is 0 Å². The molecule has 1 heterocycles.